The lowest BCUT2D eigenvalue weighted by Crippen LogP contribution is -2.30. The van der Waals surface area contributed by atoms with Crippen molar-refractivity contribution in [1.29, 1.82) is 0 Å². The number of rotatable bonds is 9. The Morgan fingerprint density at radius 1 is 0.867 bits per heavy atom. The summed E-state index contributed by atoms with van der Waals surface area (Å²) in [5.74, 6) is 0.143. The number of nitrogens with one attached hydrogen (secondary N) is 2. The molecule has 0 heterocycles. The maximum Gasteiger partial charge on any atom is 0.271 e. The first kappa shape index (κ1) is 20.8. The van der Waals surface area contributed by atoms with E-state index in [1.54, 1.807) is 54.7 Å². The lowest BCUT2D eigenvalue weighted by molar-refractivity contribution is -0.123. The Morgan fingerprint density at radius 2 is 1.53 bits per heavy atom. The molecule has 0 radical (unpaired) electrons. The number of hydrazone groups is 1. The van der Waals surface area contributed by atoms with E-state index in [2.05, 4.69) is 15.8 Å². The summed E-state index contributed by atoms with van der Waals surface area (Å²) >= 11 is 0. The van der Waals surface area contributed by atoms with Gasteiger partial charge in [-0.15, -0.1) is 0 Å². The van der Waals surface area contributed by atoms with Crippen molar-refractivity contribution in [3.05, 3.63) is 102 Å². The van der Waals surface area contributed by atoms with E-state index in [0.29, 0.717) is 17.9 Å². The van der Waals surface area contributed by atoms with Gasteiger partial charge in [0.15, 0.2) is 6.61 Å². The molecule has 0 spiro atoms. The number of nitrogens with zero attached hydrogens (tertiary/aromatic N) is 1. The molecule has 0 aliphatic heterocycles. The first-order chi connectivity index (χ1) is 14.7. The highest BCUT2D eigenvalue weighted by molar-refractivity contribution is 5.94. The van der Waals surface area contributed by atoms with Crippen molar-refractivity contribution < 1.29 is 14.3 Å². The molecule has 30 heavy (non-hydrogen) atoms. The first-order valence-electron chi connectivity index (χ1n) is 9.62. The second-order valence-electron chi connectivity index (χ2n) is 6.51. The van der Waals surface area contributed by atoms with Crippen LogP contribution in [0.5, 0.6) is 5.75 Å². The average Bonchev–Trinajstić information content (AvgIpc) is 2.80. The van der Waals surface area contributed by atoms with Gasteiger partial charge in [-0.2, -0.15) is 5.10 Å². The van der Waals surface area contributed by atoms with Crippen LogP contribution in [0.4, 0.5) is 0 Å². The third-order valence-corrected chi connectivity index (χ3v) is 4.24. The van der Waals surface area contributed by atoms with Crippen molar-refractivity contribution in [2.24, 2.45) is 5.10 Å². The van der Waals surface area contributed by atoms with Gasteiger partial charge in [-0.25, -0.2) is 5.43 Å². The summed E-state index contributed by atoms with van der Waals surface area (Å²) in [4.78, 5) is 23.8. The Kier molecular flexibility index (Phi) is 7.74. The first-order valence-corrected chi connectivity index (χ1v) is 9.62. The number of hydrogen-bond donors (Lipinski definition) is 2. The number of amides is 2. The molecular weight excluding hydrogens is 378 g/mol. The zero-order chi connectivity index (χ0) is 21.0. The number of carbonyl (C=O) groups is 2. The van der Waals surface area contributed by atoms with Crippen molar-refractivity contribution in [3.63, 3.8) is 0 Å². The predicted molar refractivity (Wildman–Crippen MR) is 117 cm³/mol. The molecule has 0 aliphatic rings. The maximum atomic E-state index is 11.9. The summed E-state index contributed by atoms with van der Waals surface area (Å²) in [6.07, 6.45) is 2.32. The Hall–Kier alpha value is -3.93. The van der Waals surface area contributed by atoms with E-state index >= 15 is 0 Å². The second kappa shape index (κ2) is 11.2. The van der Waals surface area contributed by atoms with Gasteiger partial charge in [-0.05, 0) is 53.9 Å². The molecule has 3 aromatic carbocycles. The van der Waals surface area contributed by atoms with E-state index in [1.807, 2.05) is 36.4 Å². The number of ether oxygens (including phenoxy) is 1. The minimum absolute atomic E-state index is 0.0463. The molecule has 6 nitrogen and oxygen atoms in total. The van der Waals surface area contributed by atoms with Crippen LogP contribution in [-0.2, 0) is 11.2 Å². The highest BCUT2D eigenvalue weighted by Crippen LogP contribution is 2.11. The largest absolute Gasteiger partial charge is 0.484 e. The normalized spacial score (nSPS) is 10.5. The fourth-order valence-electron chi connectivity index (χ4n) is 2.66. The van der Waals surface area contributed by atoms with Crippen LogP contribution in [0.3, 0.4) is 0 Å². The van der Waals surface area contributed by atoms with E-state index in [0.717, 1.165) is 12.0 Å². The van der Waals surface area contributed by atoms with Crippen LogP contribution < -0.4 is 15.5 Å². The Morgan fingerprint density at radius 3 is 2.23 bits per heavy atom. The molecule has 2 amide bonds. The molecule has 0 unspecified atom stereocenters. The molecule has 0 saturated heterocycles. The third-order valence-electron chi connectivity index (χ3n) is 4.24. The van der Waals surface area contributed by atoms with E-state index in [4.69, 9.17) is 4.74 Å². The molecule has 2 N–H and O–H groups in total. The van der Waals surface area contributed by atoms with Crippen molar-refractivity contribution in [3.8, 4) is 5.75 Å². The summed E-state index contributed by atoms with van der Waals surface area (Å²) in [5, 5.41) is 6.79. The van der Waals surface area contributed by atoms with Crippen LogP contribution in [0, 0.1) is 0 Å². The SMILES string of the molecule is O=C(COc1ccc(/C=N/NC(=O)c2ccccc2)cc1)NCCc1ccccc1. The molecule has 3 aromatic rings. The van der Waals surface area contributed by atoms with E-state index in [1.165, 1.54) is 5.56 Å². The van der Waals surface area contributed by atoms with Gasteiger partial charge in [-0.1, -0.05) is 48.5 Å². The van der Waals surface area contributed by atoms with Gasteiger partial charge < -0.3 is 10.1 Å². The van der Waals surface area contributed by atoms with E-state index in [-0.39, 0.29) is 18.4 Å². The van der Waals surface area contributed by atoms with Crippen LogP contribution >= 0.6 is 0 Å². The number of hydrogen-bond acceptors (Lipinski definition) is 4. The summed E-state index contributed by atoms with van der Waals surface area (Å²) in [6, 6.07) is 25.9. The number of benzene rings is 3. The smallest absolute Gasteiger partial charge is 0.271 e. The lowest BCUT2D eigenvalue weighted by atomic mass is 10.1. The Balaban J connectivity index is 1.37. The number of carbonyl (C=O) groups excluding carboxylic acids is 2. The molecule has 0 aliphatic carbocycles. The third kappa shape index (κ3) is 6.91. The Bertz CT molecular complexity index is 972. The van der Waals surface area contributed by atoms with Gasteiger partial charge in [0.05, 0.1) is 6.21 Å². The van der Waals surface area contributed by atoms with Crippen LogP contribution in [0.2, 0.25) is 0 Å². The summed E-state index contributed by atoms with van der Waals surface area (Å²) in [5.41, 5.74) is 4.99. The molecule has 0 atom stereocenters. The van der Waals surface area contributed by atoms with Crippen molar-refractivity contribution in [2.45, 2.75) is 6.42 Å². The molecule has 0 aromatic heterocycles. The molecule has 152 valence electrons. The van der Waals surface area contributed by atoms with Crippen molar-refractivity contribution in [1.82, 2.24) is 10.7 Å². The van der Waals surface area contributed by atoms with Crippen LogP contribution in [0.15, 0.2) is 90.0 Å². The zero-order valence-corrected chi connectivity index (χ0v) is 16.5. The fourth-order valence-corrected chi connectivity index (χ4v) is 2.66. The quantitative estimate of drug-likeness (QED) is 0.427. The molecule has 0 saturated carbocycles. The van der Waals surface area contributed by atoms with Gasteiger partial charge in [0.25, 0.3) is 11.8 Å². The van der Waals surface area contributed by atoms with Crippen molar-refractivity contribution >= 4 is 18.0 Å². The maximum absolute atomic E-state index is 11.9. The standard InChI is InChI=1S/C24H23N3O3/c28-23(25-16-15-19-7-3-1-4-8-19)18-30-22-13-11-20(12-14-22)17-26-27-24(29)21-9-5-2-6-10-21/h1-14,17H,15-16,18H2,(H,25,28)(H,27,29)/b26-17+. The fraction of sp³-hybridized carbons (Fsp3) is 0.125. The van der Waals surface area contributed by atoms with Gasteiger partial charge in [0, 0.05) is 12.1 Å². The molecule has 0 bridgehead atoms. The lowest BCUT2D eigenvalue weighted by Gasteiger charge is -2.08. The summed E-state index contributed by atoms with van der Waals surface area (Å²) in [6.45, 7) is 0.520. The highest BCUT2D eigenvalue weighted by atomic mass is 16.5. The van der Waals surface area contributed by atoms with Crippen LogP contribution in [0.25, 0.3) is 0 Å². The van der Waals surface area contributed by atoms with Crippen LogP contribution in [0.1, 0.15) is 21.5 Å². The second-order valence-corrected chi connectivity index (χ2v) is 6.51. The van der Waals surface area contributed by atoms with Gasteiger partial charge in [0.2, 0.25) is 0 Å². The van der Waals surface area contributed by atoms with Gasteiger partial charge >= 0.3 is 0 Å². The summed E-state index contributed by atoms with van der Waals surface area (Å²) in [7, 11) is 0. The average molecular weight is 401 g/mol. The molecule has 6 heteroatoms. The minimum atomic E-state index is -0.273. The summed E-state index contributed by atoms with van der Waals surface area (Å²) < 4.78 is 5.50. The van der Waals surface area contributed by atoms with Crippen LogP contribution in [-0.4, -0.2) is 31.2 Å². The van der Waals surface area contributed by atoms with E-state index in [9.17, 15) is 9.59 Å². The van der Waals surface area contributed by atoms with Gasteiger partial charge in [0.1, 0.15) is 5.75 Å². The van der Waals surface area contributed by atoms with Gasteiger partial charge in [-0.3, -0.25) is 9.59 Å². The molecule has 3 rings (SSSR count). The Labute approximate surface area is 175 Å². The predicted octanol–water partition coefficient (Wildman–Crippen LogP) is 3.19. The topological polar surface area (TPSA) is 79.8 Å². The molecule has 0 fully saturated rings. The zero-order valence-electron chi connectivity index (χ0n) is 16.5. The highest BCUT2D eigenvalue weighted by Gasteiger charge is 2.03. The van der Waals surface area contributed by atoms with E-state index < -0.39 is 0 Å². The molecular formula is C24H23N3O3. The monoisotopic (exact) mass is 401 g/mol. The minimum Gasteiger partial charge on any atom is -0.484 e. The van der Waals surface area contributed by atoms with Crippen molar-refractivity contribution in [2.75, 3.05) is 13.2 Å².